The number of rotatable bonds is 5. The van der Waals surface area contributed by atoms with E-state index in [1.165, 1.54) is 12.1 Å². The molecule has 0 radical (unpaired) electrons. The highest BCUT2D eigenvalue weighted by Crippen LogP contribution is 2.21. The first-order valence-corrected chi connectivity index (χ1v) is 8.31. The third-order valence-electron chi connectivity index (χ3n) is 4.04. The summed E-state index contributed by atoms with van der Waals surface area (Å²) < 4.78 is 25.4. The number of hydrogen-bond donors (Lipinski definition) is 0. The van der Waals surface area contributed by atoms with Gasteiger partial charge in [0, 0.05) is 29.7 Å². The molecule has 134 valence electrons. The van der Waals surface area contributed by atoms with Crippen molar-refractivity contribution >= 4 is 5.97 Å². The van der Waals surface area contributed by atoms with Gasteiger partial charge in [-0.15, -0.1) is 0 Å². The van der Waals surface area contributed by atoms with Gasteiger partial charge < -0.3 is 13.8 Å². The molecule has 0 saturated carbocycles. The smallest absolute Gasteiger partial charge is 0.338 e. The van der Waals surface area contributed by atoms with E-state index >= 15 is 0 Å². The van der Waals surface area contributed by atoms with Crippen LogP contribution in [0.2, 0.25) is 0 Å². The highest BCUT2D eigenvalue weighted by atomic mass is 19.1. The second kappa shape index (κ2) is 7.29. The van der Waals surface area contributed by atoms with Gasteiger partial charge in [0.25, 0.3) is 0 Å². The largest absolute Gasteiger partial charge is 0.455 e. The van der Waals surface area contributed by atoms with Gasteiger partial charge in [0.15, 0.2) is 5.76 Å². The predicted octanol–water partition coefficient (Wildman–Crippen LogP) is 4.63. The Balaban J connectivity index is 1.38. The van der Waals surface area contributed by atoms with Crippen LogP contribution in [0.15, 0.2) is 83.6 Å². The summed E-state index contributed by atoms with van der Waals surface area (Å²) in [7, 11) is 0. The minimum atomic E-state index is -0.444. The summed E-state index contributed by atoms with van der Waals surface area (Å²) in [5.41, 5.74) is 2.58. The number of esters is 1. The van der Waals surface area contributed by atoms with Crippen LogP contribution in [0.3, 0.4) is 0 Å². The Kier molecular flexibility index (Phi) is 4.53. The van der Waals surface area contributed by atoms with E-state index in [0.717, 1.165) is 5.69 Å². The van der Waals surface area contributed by atoms with Gasteiger partial charge in [-0.25, -0.2) is 9.18 Å². The lowest BCUT2D eigenvalue weighted by atomic mass is 10.1. The van der Waals surface area contributed by atoms with Crippen molar-refractivity contribution in [1.82, 2.24) is 9.72 Å². The fourth-order valence-corrected chi connectivity index (χ4v) is 2.63. The molecule has 4 rings (SSSR count). The molecule has 0 aliphatic carbocycles. The molecule has 0 aliphatic rings. The van der Waals surface area contributed by atoms with Crippen LogP contribution in [0.4, 0.5) is 4.39 Å². The van der Waals surface area contributed by atoms with E-state index in [4.69, 9.17) is 9.26 Å². The topological polar surface area (TPSA) is 57.3 Å². The Morgan fingerprint density at radius 3 is 2.44 bits per heavy atom. The van der Waals surface area contributed by atoms with Gasteiger partial charge in [0.1, 0.15) is 18.1 Å². The molecule has 0 amide bonds. The number of aromatic nitrogens is 2. The maximum atomic E-state index is 13.0. The quantitative estimate of drug-likeness (QED) is 0.486. The van der Waals surface area contributed by atoms with E-state index in [9.17, 15) is 9.18 Å². The lowest BCUT2D eigenvalue weighted by Gasteiger charge is -2.05. The van der Waals surface area contributed by atoms with Crippen LogP contribution < -0.4 is 0 Å². The highest BCUT2D eigenvalue weighted by molar-refractivity contribution is 5.89. The van der Waals surface area contributed by atoms with Gasteiger partial charge in [-0.1, -0.05) is 5.16 Å². The molecule has 2 aromatic heterocycles. The van der Waals surface area contributed by atoms with E-state index in [1.807, 2.05) is 41.2 Å². The van der Waals surface area contributed by atoms with E-state index in [0.29, 0.717) is 22.6 Å². The van der Waals surface area contributed by atoms with Gasteiger partial charge >= 0.3 is 5.97 Å². The summed E-state index contributed by atoms with van der Waals surface area (Å²) in [6.07, 6.45) is 3.85. The molecule has 5 nitrogen and oxygen atoms in total. The standard InChI is InChI=1S/C21H15FN2O3/c22-17-7-3-15(4-8-17)20-13-18(23-27-20)14-26-21(25)16-5-9-19(10-6-16)24-11-1-2-12-24/h1-13H,14H2. The van der Waals surface area contributed by atoms with E-state index in [2.05, 4.69) is 5.16 Å². The van der Waals surface area contributed by atoms with Crippen molar-refractivity contribution in [3.8, 4) is 17.0 Å². The molecule has 0 saturated heterocycles. The molecule has 27 heavy (non-hydrogen) atoms. The first-order chi connectivity index (χ1) is 13.2. The van der Waals surface area contributed by atoms with Crippen molar-refractivity contribution in [2.75, 3.05) is 0 Å². The van der Waals surface area contributed by atoms with Gasteiger partial charge in [-0.2, -0.15) is 0 Å². The average Bonchev–Trinajstić information content (AvgIpc) is 3.39. The third kappa shape index (κ3) is 3.79. The summed E-state index contributed by atoms with van der Waals surface area (Å²) in [5, 5.41) is 3.88. The molecule has 0 N–H and O–H groups in total. The summed E-state index contributed by atoms with van der Waals surface area (Å²) in [6, 6.07) is 18.5. The van der Waals surface area contributed by atoms with Crippen LogP contribution >= 0.6 is 0 Å². The molecular formula is C21H15FN2O3. The molecule has 0 aliphatic heterocycles. The van der Waals surface area contributed by atoms with Gasteiger partial charge in [-0.05, 0) is 60.7 Å². The summed E-state index contributed by atoms with van der Waals surface area (Å²) in [5.74, 6) is -0.285. The summed E-state index contributed by atoms with van der Waals surface area (Å²) in [4.78, 5) is 12.2. The summed E-state index contributed by atoms with van der Waals surface area (Å²) >= 11 is 0. The number of benzene rings is 2. The highest BCUT2D eigenvalue weighted by Gasteiger charge is 2.11. The van der Waals surface area contributed by atoms with Crippen molar-refractivity contribution in [2.45, 2.75) is 6.61 Å². The second-order valence-electron chi connectivity index (χ2n) is 5.90. The Bertz CT molecular complexity index is 1040. The van der Waals surface area contributed by atoms with Crippen molar-refractivity contribution in [3.05, 3.63) is 96.2 Å². The zero-order valence-corrected chi connectivity index (χ0v) is 14.2. The Hall–Kier alpha value is -3.67. The second-order valence-corrected chi connectivity index (χ2v) is 5.90. The summed E-state index contributed by atoms with van der Waals surface area (Å²) in [6.45, 7) is -0.0110. The molecule has 2 heterocycles. The van der Waals surface area contributed by atoms with Crippen molar-refractivity contribution in [2.24, 2.45) is 0 Å². The van der Waals surface area contributed by atoms with Gasteiger partial charge in [-0.3, -0.25) is 0 Å². The van der Waals surface area contributed by atoms with Gasteiger partial charge in [0.05, 0.1) is 5.56 Å². The zero-order valence-electron chi connectivity index (χ0n) is 14.2. The molecule has 4 aromatic rings. The average molecular weight is 362 g/mol. The van der Waals surface area contributed by atoms with E-state index < -0.39 is 5.97 Å². The number of halogens is 1. The SMILES string of the molecule is O=C(OCc1cc(-c2ccc(F)cc2)on1)c1ccc(-n2cccc2)cc1. The lowest BCUT2D eigenvalue weighted by molar-refractivity contribution is 0.0464. The van der Waals surface area contributed by atoms with Crippen LogP contribution in [-0.4, -0.2) is 15.7 Å². The molecule has 2 aromatic carbocycles. The molecule has 0 bridgehead atoms. The van der Waals surface area contributed by atoms with E-state index in [-0.39, 0.29) is 12.4 Å². The normalized spacial score (nSPS) is 10.7. The molecular weight excluding hydrogens is 347 g/mol. The molecule has 0 spiro atoms. The van der Waals surface area contributed by atoms with Crippen molar-refractivity contribution in [3.63, 3.8) is 0 Å². The van der Waals surface area contributed by atoms with Crippen LogP contribution in [0.1, 0.15) is 16.1 Å². The third-order valence-corrected chi connectivity index (χ3v) is 4.04. The minimum Gasteiger partial charge on any atom is -0.455 e. The maximum Gasteiger partial charge on any atom is 0.338 e. The fourth-order valence-electron chi connectivity index (χ4n) is 2.63. The molecule has 0 fully saturated rings. The zero-order chi connectivity index (χ0) is 18.6. The van der Waals surface area contributed by atoms with Crippen LogP contribution in [-0.2, 0) is 11.3 Å². The Morgan fingerprint density at radius 2 is 1.74 bits per heavy atom. The van der Waals surface area contributed by atoms with Crippen LogP contribution in [0, 0.1) is 5.82 Å². The molecule has 6 heteroatoms. The maximum absolute atomic E-state index is 13.0. The number of carbonyl (C=O) groups excluding carboxylic acids is 1. The minimum absolute atomic E-state index is 0.0110. The lowest BCUT2D eigenvalue weighted by Crippen LogP contribution is -2.05. The molecule has 0 unspecified atom stereocenters. The van der Waals surface area contributed by atoms with Gasteiger partial charge in [0.2, 0.25) is 0 Å². The van der Waals surface area contributed by atoms with Crippen molar-refractivity contribution < 1.29 is 18.4 Å². The number of nitrogens with zero attached hydrogens (tertiary/aromatic N) is 2. The van der Waals surface area contributed by atoms with Crippen LogP contribution in [0.25, 0.3) is 17.0 Å². The number of hydrogen-bond acceptors (Lipinski definition) is 4. The first-order valence-electron chi connectivity index (χ1n) is 8.31. The van der Waals surface area contributed by atoms with E-state index in [1.54, 1.807) is 30.3 Å². The Morgan fingerprint density at radius 1 is 1.04 bits per heavy atom. The predicted molar refractivity (Wildman–Crippen MR) is 96.8 cm³/mol. The van der Waals surface area contributed by atoms with Crippen molar-refractivity contribution in [1.29, 1.82) is 0 Å². The number of ether oxygens (including phenoxy) is 1. The first kappa shape index (κ1) is 16.8. The number of carbonyl (C=O) groups is 1. The monoisotopic (exact) mass is 362 g/mol. The van der Waals surface area contributed by atoms with Crippen LogP contribution in [0.5, 0.6) is 0 Å². The molecule has 0 atom stereocenters. The fraction of sp³-hybridized carbons (Fsp3) is 0.0476. The Labute approximate surface area is 154 Å².